The van der Waals surface area contributed by atoms with E-state index < -0.39 is 11.2 Å². The third-order valence-corrected chi connectivity index (χ3v) is 5.63. The van der Waals surface area contributed by atoms with E-state index in [2.05, 4.69) is 38.4 Å². The van der Waals surface area contributed by atoms with Crippen molar-refractivity contribution in [2.75, 3.05) is 31.1 Å². The van der Waals surface area contributed by atoms with Gasteiger partial charge in [-0.25, -0.2) is 0 Å². The van der Waals surface area contributed by atoms with Crippen LogP contribution in [-0.2, 0) is 19.3 Å². The molecule has 1 saturated heterocycles. The van der Waals surface area contributed by atoms with Crippen LogP contribution >= 0.6 is 11.3 Å². The van der Waals surface area contributed by atoms with E-state index in [1.807, 2.05) is 27.9 Å². The van der Waals surface area contributed by atoms with Crippen LogP contribution in [0.3, 0.4) is 0 Å². The zero-order valence-electron chi connectivity index (χ0n) is 15.0. The average molecular weight is 408 g/mol. The second kappa shape index (κ2) is 7.88. The first-order valence-electron chi connectivity index (χ1n) is 8.90. The first kappa shape index (κ1) is 18.9. The summed E-state index contributed by atoms with van der Waals surface area (Å²) in [5.41, 5.74) is 2.40. The Hall–Kier alpha value is -2.46. The molecule has 0 atom stereocenters. The lowest BCUT2D eigenvalue weighted by Crippen LogP contribution is -2.45. The number of hydrogen-bond acceptors (Lipinski definition) is 6. The van der Waals surface area contributed by atoms with Crippen molar-refractivity contribution in [3.05, 3.63) is 58.9 Å². The summed E-state index contributed by atoms with van der Waals surface area (Å²) in [7, 11) is 0. The lowest BCUT2D eigenvalue weighted by molar-refractivity contribution is -0.138. The van der Waals surface area contributed by atoms with Gasteiger partial charge in [0.15, 0.2) is 0 Å². The maximum absolute atomic E-state index is 12.7. The molecule has 0 saturated carbocycles. The molecule has 1 aliphatic heterocycles. The van der Waals surface area contributed by atoms with E-state index in [4.69, 9.17) is 0 Å². The molecule has 1 aliphatic rings. The third kappa shape index (κ3) is 4.50. The Morgan fingerprint density at radius 2 is 1.71 bits per heavy atom. The molecular formula is C18H19F3N6S. The molecule has 0 radical (unpaired) electrons. The number of halogens is 3. The zero-order chi connectivity index (χ0) is 19.6. The number of nitrogens with zero attached hydrogens (tertiary/aromatic N) is 6. The predicted octanol–water partition coefficient (Wildman–Crippen LogP) is 3.12. The molecule has 28 heavy (non-hydrogen) atoms. The number of benzene rings is 1. The van der Waals surface area contributed by atoms with Gasteiger partial charge in [0.05, 0.1) is 6.54 Å². The van der Waals surface area contributed by atoms with Crippen LogP contribution < -0.4 is 4.90 Å². The van der Waals surface area contributed by atoms with Crippen molar-refractivity contribution in [1.29, 1.82) is 0 Å². The Morgan fingerprint density at radius 1 is 0.964 bits per heavy atom. The Kier molecular flexibility index (Phi) is 5.31. The minimum absolute atomic E-state index is 0.341. The SMILES string of the molecule is FC(F)(F)c1nnc(N2CCN(Cc3cccc(Cn4cccn4)c3)CC2)s1. The first-order chi connectivity index (χ1) is 13.5. The average Bonchev–Trinajstić information content (AvgIpc) is 3.34. The summed E-state index contributed by atoms with van der Waals surface area (Å²) in [5.74, 6) is 0. The van der Waals surface area contributed by atoms with Crippen LogP contribution in [0.15, 0.2) is 42.7 Å². The van der Waals surface area contributed by atoms with Gasteiger partial charge in [-0.2, -0.15) is 18.3 Å². The fourth-order valence-electron chi connectivity index (χ4n) is 3.22. The number of alkyl halides is 3. The summed E-state index contributed by atoms with van der Waals surface area (Å²) >= 11 is 0.607. The minimum Gasteiger partial charge on any atom is -0.344 e. The van der Waals surface area contributed by atoms with E-state index >= 15 is 0 Å². The Balaban J connectivity index is 1.33. The van der Waals surface area contributed by atoms with Crippen molar-refractivity contribution in [2.45, 2.75) is 19.3 Å². The summed E-state index contributed by atoms with van der Waals surface area (Å²) < 4.78 is 40.0. The highest BCUT2D eigenvalue weighted by Crippen LogP contribution is 2.34. The van der Waals surface area contributed by atoms with Gasteiger partial charge in [0.25, 0.3) is 0 Å². The van der Waals surface area contributed by atoms with Crippen LogP contribution in [0.4, 0.5) is 18.3 Å². The number of anilines is 1. The molecule has 10 heteroatoms. The van der Waals surface area contributed by atoms with Gasteiger partial charge in [-0.3, -0.25) is 9.58 Å². The molecule has 0 aliphatic carbocycles. The summed E-state index contributed by atoms with van der Waals surface area (Å²) in [5, 5.41) is 10.7. The molecule has 6 nitrogen and oxygen atoms in total. The fraction of sp³-hybridized carbons (Fsp3) is 0.389. The van der Waals surface area contributed by atoms with Crippen LogP contribution in [0, 0.1) is 0 Å². The van der Waals surface area contributed by atoms with E-state index in [1.165, 1.54) is 11.1 Å². The Labute approximate surface area is 164 Å². The van der Waals surface area contributed by atoms with E-state index in [0.717, 1.165) is 26.2 Å². The van der Waals surface area contributed by atoms with Gasteiger partial charge in [0.2, 0.25) is 10.1 Å². The summed E-state index contributed by atoms with van der Waals surface area (Å²) in [6, 6.07) is 10.3. The molecule has 0 spiro atoms. The van der Waals surface area contributed by atoms with E-state index in [9.17, 15) is 13.2 Å². The van der Waals surface area contributed by atoms with E-state index in [-0.39, 0.29) is 0 Å². The van der Waals surface area contributed by atoms with Crippen molar-refractivity contribution in [3.8, 4) is 0 Å². The molecule has 1 aromatic carbocycles. The highest BCUT2D eigenvalue weighted by molar-refractivity contribution is 7.15. The summed E-state index contributed by atoms with van der Waals surface area (Å²) in [6.45, 7) is 4.35. The van der Waals surface area contributed by atoms with Crippen LogP contribution in [0.25, 0.3) is 0 Å². The molecule has 2 aromatic heterocycles. The Bertz CT molecular complexity index is 900. The lowest BCUT2D eigenvalue weighted by Gasteiger charge is -2.34. The summed E-state index contributed by atoms with van der Waals surface area (Å²) in [4.78, 5) is 4.17. The smallest absolute Gasteiger partial charge is 0.344 e. The van der Waals surface area contributed by atoms with Crippen molar-refractivity contribution < 1.29 is 13.2 Å². The maximum atomic E-state index is 12.7. The standard InChI is InChI=1S/C18H19F3N6S/c19-18(20,21)16-23-24-17(28-16)26-9-7-25(8-10-26)12-14-3-1-4-15(11-14)13-27-6-2-5-22-27/h1-6,11H,7-10,12-13H2. The van der Waals surface area contributed by atoms with Crippen molar-refractivity contribution >= 4 is 16.5 Å². The minimum atomic E-state index is -4.43. The van der Waals surface area contributed by atoms with Crippen molar-refractivity contribution in [1.82, 2.24) is 24.9 Å². The van der Waals surface area contributed by atoms with Gasteiger partial charge in [-0.1, -0.05) is 35.6 Å². The van der Waals surface area contributed by atoms with Crippen LogP contribution in [-0.4, -0.2) is 51.1 Å². The Morgan fingerprint density at radius 3 is 2.36 bits per heavy atom. The monoisotopic (exact) mass is 408 g/mol. The van der Waals surface area contributed by atoms with Gasteiger partial charge in [0.1, 0.15) is 0 Å². The fourth-order valence-corrected chi connectivity index (χ4v) is 3.98. The lowest BCUT2D eigenvalue weighted by atomic mass is 10.1. The molecule has 0 bridgehead atoms. The normalized spacial score (nSPS) is 15.9. The molecule has 0 amide bonds. The highest BCUT2D eigenvalue weighted by atomic mass is 32.1. The zero-order valence-corrected chi connectivity index (χ0v) is 15.8. The third-order valence-electron chi connectivity index (χ3n) is 4.60. The van der Waals surface area contributed by atoms with Gasteiger partial charge in [-0.05, 0) is 17.2 Å². The number of hydrogen-bond donors (Lipinski definition) is 0. The second-order valence-corrected chi connectivity index (χ2v) is 7.63. The van der Waals surface area contributed by atoms with E-state index in [0.29, 0.717) is 29.6 Å². The van der Waals surface area contributed by atoms with Gasteiger partial charge < -0.3 is 4.90 Å². The molecule has 0 unspecified atom stereocenters. The van der Waals surface area contributed by atoms with Gasteiger partial charge in [0, 0.05) is 45.1 Å². The molecule has 148 valence electrons. The predicted molar refractivity (Wildman–Crippen MR) is 100 cm³/mol. The number of piperazine rings is 1. The largest absolute Gasteiger partial charge is 0.445 e. The van der Waals surface area contributed by atoms with Gasteiger partial charge >= 0.3 is 6.18 Å². The topological polar surface area (TPSA) is 50.1 Å². The highest BCUT2D eigenvalue weighted by Gasteiger charge is 2.36. The molecule has 3 heterocycles. The van der Waals surface area contributed by atoms with Crippen LogP contribution in [0.5, 0.6) is 0 Å². The van der Waals surface area contributed by atoms with Gasteiger partial charge in [-0.15, -0.1) is 10.2 Å². The molecule has 0 N–H and O–H groups in total. The number of aromatic nitrogens is 4. The molecular weight excluding hydrogens is 389 g/mol. The van der Waals surface area contributed by atoms with Crippen LogP contribution in [0.2, 0.25) is 0 Å². The van der Waals surface area contributed by atoms with E-state index in [1.54, 1.807) is 6.20 Å². The number of rotatable bonds is 5. The maximum Gasteiger partial charge on any atom is 0.445 e. The quantitative estimate of drug-likeness (QED) is 0.649. The molecule has 4 rings (SSSR count). The van der Waals surface area contributed by atoms with Crippen molar-refractivity contribution in [3.63, 3.8) is 0 Å². The molecule has 3 aromatic rings. The van der Waals surface area contributed by atoms with Crippen LogP contribution in [0.1, 0.15) is 16.1 Å². The molecule has 1 fully saturated rings. The van der Waals surface area contributed by atoms with Crippen molar-refractivity contribution in [2.24, 2.45) is 0 Å². The first-order valence-corrected chi connectivity index (χ1v) is 9.72. The summed E-state index contributed by atoms with van der Waals surface area (Å²) in [6.07, 6.45) is -0.735. The second-order valence-electron chi connectivity index (χ2n) is 6.67.